The first kappa shape index (κ1) is 14.0. The highest BCUT2D eigenvalue weighted by atomic mass is 35.5. The molecule has 1 aromatic carbocycles. The van der Waals surface area contributed by atoms with E-state index in [1.807, 2.05) is 6.92 Å². The number of hydrogen-bond donors (Lipinski definition) is 0. The average molecular weight is 257 g/mol. The summed E-state index contributed by atoms with van der Waals surface area (Å²) in [6.45, 7) is 2.56. The largest absolute Gasteiger partial charge is 0.495 e. The van der Waals surface area contributed by atoms with Crippen molar-refractivity contribution in [3.8, 4) is 5.75 Å². The molecule has 1 aromatic rings. The molecule has 0 fully saturated rings. The Morgan fingerprint density at radius 1 is 1.41 bits per heavy atom. The van der Waals surface area contributed by atoms with E-state index in [-0.39, 0.29) is 11.7 Å². The zero-order valence-electron chi connectivity index (χ0n) is 10.3. The van der Waals surface area contributed by atoms with Gasteiger partial charge in [-0.2, -0.15) is 0 Å². The van der Waals surface area contributed by atoms with E-state index < -0.39 is 0 Å². The van der Waals surface area contributed by atoms with Crippen molar-refractivity contribution in [2.45, 2.75) is 13.3 Å². The van der Waals surface area contributed by atoms with Gasteiger partial charge in [0, 0.05) is 25.7 Å². The molecular weight excluding hydrogens is 240 g/mol. The van der Waals surface area contributed by atoms with Crippen LogP contribution in [0.2, 0.25) is 5.02 Å². The van der Waals surface area contributed by atoms with Gasteiger partial charge >= 0.3 is 0 Å². The fourth-order valence-corrected chi connectivity index (χ4v) is 1.81. The molecule has 17 heavy (non-hydrogen) atoms. The SMILES string of the molecule is COCC(C)CC(=O)c1ccc(Cl)c(OC)c1. The van der Waals surface area contributed by atoms with Crippen LogP contribution in [0.1, 0.15) is 23.7 Å². The lowest BCUT2D eigenvalue weighted by Crippen LogP contribution is -2.10. The van der Waals surface area contributed by atoms with Crippen molar-refractivity contribution in [2.24, 2.45) is 5.92 Å². The predicted molar refractivity (Wildman–Crippen MR) is 68.0 cm³/mol. The van der Waals surface area contributed by atoms with Crippen LogP contribution >= 0.6 is 11.6 Å². The van der Waals surface area contributed by atoms with Crippen LogP contribution in [0, 0.1) is 5.92 Å². The molecular formula is C13H17ClO3. The smallest absolute Gasteiger partial charge is 0.163 e. The third-order valence-electron chi connectivity index (χ3n) is 2.46. The monoisotopic (exact) mass is 256 g/mol. The molecule has 0 N–H and O–H groups in total. The molecule has 0 saturated carbocycles. The van der Waals surface area contributed by atoms with Crippen LogP contribution in [-0.4, -0.2) is 26.6 Å². The third kappa shape index (κ3) is 4.02. The van der Waals surface area contributed by atoms with Crippen LogP contribution in [0.3, 0.4) is 0 Å². The van der Waals surface area contributed by atoms with E-state index in [1.165, 1.54) is 7.11 Å². The number of Topliss-reactive ketones (excluding diaryl/α,β-unsaturated/α-hetero) is 1. The number of methoxy groups -OCH3 is 2. The zero-order chi connectivity index (χ0) is 12.8. The second-order valence-electron chi connectivity index (χ2n) is 4.04. The minimum Gasteiger partial charge on any atom is -0.495 e. The van der Waals surface area contributed by atoms with Crippen molar-refractivity contribution in [1.82, 2.24) is 0 Å². The van der Waals surface area contributed by atoms with Crippen LogP contribution in [0.4, 0.5) is 0 Å². The highest BCUT2D eigenvalue weighted by Crippen LogP contribution is 2.26. The van der Waals surface area contributed by atoms with Crippen LogP contribution in [0.25, 0.3) is 0 Å². The van der Waals surface area contributed by atoms with E-state index in [1.54, 1.807) is 25.3 Å². The van der Waals surface area contributed by atoms with Crippen LogP contribution in [0.5, 0.6) is 5.75 Å². The summed E-state index contributed by atoms with van der Waals surface area (Å²) in [7, 11) is 3.16. The van der Waals surface area contributed by atoms with Gasteiger partial charge in [0.25, 0.3) is 0 Å². The average Bonchev–Trinajstić information content (AvgIpc) is 2.29. The quantitative estimate of drug-likeness (QED) is 0.734. The van der Waals surface area contributed by atoms with Gasteiger partial charge in [-0.05, 0) is 24.1 Å². The minimum atomic E-state index is 0.0736. The summed E-state index contributed by atoms with van der Waals surface area (Å²) in [6.07, 6.45) is 0.457. The van der Waals surface area contributed by atoms with Gasteiger partial charge in [-0.25, -0.2) is 0 Å². The summed E-state index contributed by atoms with van der Waals surface area (Å²) >= 11 is 5.90. The number of carbonyl (C=O) groups is 1. The summed E-state index contributed by atoms with van der Waals surface area (Å²) in [6, 6.07) is 5.06. The Morgan fingerprint density at radius 2 is 2.12 bits per heavy atom. The standard InChI is InChI=1S/C13H17ClO3/c1-9(8-16-2)6-12(15)10-4-5-11(14)13(7-10)17-3/h4-5,7,9H,6,8H2,1-3H3. The van der Waals surface area contributed by atoms with Crippen molar-refractivity contribution in [3.63, 3.8) is 0 Å². The number of halogens is 1. The molecule has 0 saturated heterocycles. The fraction of sp³-hybridized carbons (Fsp3) is 0.462. The van der Waals surface area contributed by atoms with Gasteiger partial charge in [-0.1, -0.05) is 18.5 Å². The molecule has 0 aliphatic rings. The van der Waals surface area contributed by atoms with Gasteiger partial charge in [-0.3, -0.25) is 4.79 Å². The van der Waals surface area contributed by atoms with Crippen molar-refractivity contribution in [1.29, 1.82) is 0 Å². The Balaban J connectivity index is 2.75. The summed E-state index contributed by atoms with van der Waals surface area (Å²) in [5, 5.41) is 0.508. The maximum atomic E-state index is 12.0. The molecule has 1 rings (SSSR count). The molecule has 1 atom stereocenters. The Kier molecular flexibility index (Phi) is 5.45. The third-order valence-corrected chi connectivity index (χ3v) is 2.77. The maximum absolute atomic E-state index is 12.0. The van der Waals surface area contributed by atoms with Crippen molar-refractivity contribution < 1.29 is 14.3 Å². The predicted octanol–water partition coefficient (Wildman–Crippen LogP) is 3.20. The second kappa shape index (κ2) is 6.62. The van der Waals surface area contributed by atoms with E-state index in [0.29, 0.717) is 29.4 Å². The van der Waals surface area contributed by atoms with Crippen molar-refractivity contribution in [2.75, 3.05) is 20.8 Å². The number of ketones is 1. The lowest BCUT2D eigenvalue weighted by Gasteiger charge is -2.10. The Hall–Kier alpha value is -1.06. The molecule has 0 heterocycles. The molecule has 0 amide bonds. The van der Waals surface area contributed by atoms with E-state index in [4.69, 9.17) is 21.1 Å². The topological polar surface area (TPSA) is 35.5 Å². The van der Waals surface area contributed by atoms with E-state index in [9.17, 15) is 4.79 Å². The molecule has 94 valence electrons. The minimum absolute atomic E-state index is 0.0736. The first-order valence-electron chi connectivity index (χ1n) is 5.44. The molecule has 0 spiro atoms. The highest BCUT2D eigenvalue weighted by Gasteiger charge is 2.13. The van der Waals surface area contributed by atoms with Crippen LogP contribution in [0.15, 0.2) is 18.2 Å². The molecule has 0 aromatic heterocycles. The van der Waals surface area contributed by atoms with E-state index in [2.05, 4.69) is 0 Å². The Morgan fingerprint density at radius 3 is 2.71 bits per heavy atom. The van der Waals surface area contributed by atoms with Crippen LogP contribution in [-0.2, 0) is 4.74 Å². The number of rotatable bonds is 6. The summed E-state index contributed by atoms with van der Waals surface area (Å²) in [5.74, 6) is 0.801. The lowest BCUT2D eigenvalue weighted by atomic mass is 10.0. The first-order chi connectivity index (χ1) is 8.08. The summed E-state index contributed by atoms with van der Waals surface area (Å²) < 4.78 is 10.1. The van der Waals surface area contributed by atoms with Gasteiger partial charge in [0.05, 0.1) is 12.1 Å². The number of carbonyl (C=O) groups excluding carboxylic acids is 1. The van der Waals surface area contributed by atoms with Gasteiger partial charge in [0.1, 0.15) is 5.75 Å². The van der Waals surface area contributed by atoms with Crippen molar-refractivity contribution in [3.05, 3.63) is 28.8 Å². The van der Waals surface area contributed by atoms with E-state index in [0.717, 1.165) is 0 Å². The second-order valence-corrected chi connectivity index (χ2v) is 4.44. The van der Waals surface area contributed by atoms with E-state index >= 15 is 0 Å². The van der Waals surface area contributed by atoms with Crippen LogP contribution < -0.4 is 4.74 Å². The molecule has 0 radical (unpaired) electrons. The molecule has 1 unspecified atom stereocenters. The normalized spacial score (nSPS) is 12.2. The fourth-order valence-electron chi connectivity index (χ4n) is 1.61. The number of ether oxygens (including phenoxy) is 2. The molecule has 4 heteroatoms. The van der Waals surface area contributed by atoms with Gasteiger partial charge in [0.2, 0.25) is 0 Å². The molecule has 0 aliphatic heterocycles. The zero-order valence-corrected chi connectivity index (χ0v) is 11.1. The van der Waals surface area contributed by atoms with Crippen molar-refractivity contribution >= 4 is 17.4 Å². The van der Waals surface area contributed by atoms with Gasteiger partial charge < -0.3 is 9.47 Å². The molecule has 0 bridgehead atoms. The first-order valence-corrected chi connectivity index (χ1v) is 5.82. The maximum Gasteiger partial charge on any atom is 0.163 e. The van der Waals surface area contributed by atoms with Gasteiger partial charge in [0.15, 0.2) is 5.78 Å². The molecule has 3 nitrogen and oxygen atoms in total. The summed E-state index contributed by atoms with van der Waals surface area (Å²) in [5.41, 5.74) is 0.620. The van der Waals surface area contributed by atoms with Gasteiger partial charge in [-0.15, -0.1) is 0 Å². The lowest BCUT2D eigenvalue weighted by molar-refractivity contribution is 0.0919. The number of benzene rings is 1. The number of hydrogen-bond acceptors (Lipinski definition) is 3. The Labute approximate surface area is 107 Å². The summed E-state index contributed by atoms with van der Waals surface area (Å²) in [4.78, 5) is 12.0. The Bertz CT molecular complexity index is 390. The highest BCUT2D eigenvalue weighted by molar-refractivity contribution is 6.32. The molecule has 0 aliphatic carbocycles.